The average Bonchev–Trinajstić information content (AvgIpc) is 2.22. The number of anilines is 1. The molecule has 0 bridgehead atoms. The molecule has 0 aliphatic rings. The van der Waals surface area contributed by atoms with Crippen molar-refractivity contribution in [3.63, 3.8) is 0 Å². The van der Waals surface area contributed by atoms with Crippen molar-refractivity contribution < 1.29 is 4.79 Å². The molecule has 88 valence electrons. The van der Waals surface area contributed by atoms with Crippen LogP contribution in [-0.4, -0.2) is 11.9 Å². The molecule has 0 aromatic heterocycles. The van der Waals surface area contributed by atoms with Gasteiger partial charge in [0, 0.05) is 4.47 Å². The molecule has 1 aromatic carbocycles. The number of halogens is 1. The van der Waals surface area contributed by atoms with Crippen molar-refractivity contribution >= 4 is 27.5 Å². The summed E-state index contributed by atoms with van der Waals surface area (Å²) in [5.41, 5.74) is 7.64. The molecule has 16 heavy (non-hydrogen) atoms. The molecule has 0 aliphatic heterocycles. The fourth-order valence-corrected chi connectivity index (χ4v) is 1.98. The predicted molar refractivity (Wildman–Crippen MR) is 70.4 cm³/mol. The van der Waals surface area contributed by atoms with Crippen molar-refractivity contribution in [3.05, 3.63) is 28.2 Å². The van der Waals surface area contributed by atoms with E-state index in [4.69, 9.17) is 5.73 Å². The van der Waals surface area contributed by atoms with Gasteiger partial charge in [-0.2, -0.15) is 0 Å². The predicted octanol–water partition coefficient (Wildman–Crippen LogP) is 2.82. The van der Waals surface area contributed by atoms with Crippen molar-refractivity contribution in [1.82, 2.24) is 0 Å². The van der Waals surface area contributed by atoms with Gasteiger partial charge in [0.15, 0.2) is 0 Å². The number of amides is 1. The number of rotatable bonds is 4. The van der Waals surface area contributed by atoms with Gasteiger partial charge in [-0.15, -0.1) is 0 Å². The second-order valence-electron chi connectivity index (χ2n) is 3.87. The molecule has 0 saturated carbocycles. The lowest BCUT2D eigenvalue weighted by Crippen LogP contribution is -2.35. The van der Waals surface area contributed by atoms with Crippen LogP contribution in [0.5, 0.6) is 0 Å². The van der Waals surface area contributed by atoms with Crippen LogP contribution in [0.1, 0.15) is 25.3 Å². The third-order valence-electron chi connectivity index (χ3n) is 2.32. The molecule has 0 heterocycles. The van der Waals surface area contributed by atoms with Crippen LogP contribution in [0.25, 0.3) is 0 Å². The second-order valence-corrected chi connectivity index (χ2v) is 4.72. The van der Waals surface area contributed by atoms with Crippen LogP contribution in [0.4, 0.5) is 5.69 Å². The Kier molecular flexibility index (Phi) is 4.96. The molecule has 3 N–H and O–H groups in total. The Labute approximate surface area is 105 Å². The van der Waals surface area contributed by atoms with E-state index >= 15 is 0 Å². The average molecular weight is 285 g/mol. The molecule has 0 unspecified atom stereocenters. The molecule has 1 amide bonds. The Hall–Kier alpha value is -0.870. The molecular weight excluding hydrogens is 268 g/mol. The lowest BCUT2D eigenvalue weighted by atomic mass is 10.1. The minimum atomic E-state index is -0.432. The van der Waals surface area contributed by atoms with Crippen LogP contribution in [0.15, 0.2) is 22.7 Å². The number of carbonyl (C=O) groups excluding carboxylic acids is 1. The first-order chi connectivity index (χ1) is 7.54. The maximum Gasteiger partial charge on any atom is 0.241 e. The normalized spacial score (nSPS) is 12.2. The van der Waals surface area contributed by atoms with E-state index in [2.05, 4.69) is 21.2 Å². The highest BCUT2D eigenvalue weighted by atomic mass is 79.9. The van der Waals surface area contributed by atoms with Gasteiger partial charge in [-0.3, -0.25) is 4.79 Å². The van der Waals surface area contributed by atoms with Gasteiger partial charge in [-0.1, -0.05) is 19.4 Å². The van der Waals surface area contributed by atoms with E-state index in [0.29, 0.717) is 6.42 Å². The highest BCUT2D eigenvalue weighted by molar-refractivity contribution is 9.10. The van der Waals surface area contributed by atoms with Crippen LogP contribution >= 0.6 is 15.9 Å². The summed E-state index contributed by atoms with van der Waals surface area (Å²) in [7, 11) is 0. The third-order valence-corrected chi connectivity index (χ3v) is 2.97. The Balaban J connectivity index is 2.69. The molecule has 0 fully saturated rings. The fraction of sp³-hybridized carbons (Fsp3) is 0.417. The van der Waals surface area contributed by atoms with Crippen LogP contribution < -0.4 is 11.1 Å². The number of nitrogens with one attached hydrogen (secondary N) is 1. The summed E-state index contributed by atoms with van der Waals surface area (Å²) in [4.78, 5) is 11.7. The quantitative estimate of drug-likeness (QED) is 0.893. The Morgan fingerprint density at radius 2 is 2.25 bits per heavy atom. The molecule has 0 radical (unpaired) electrons. The summed E-state index contributed by atoms with van der Waals surface area (Å²) in [6.45, 7) is 4.01. The van der Waals surface area contributed by atoms with Crippen molar-refractivity contribution in [2.75, 3.05) is 5.32 Å². The molecule has 1 aromatic rings. The summed E-state index contributed by atoms with van der Waals surface area (Å²) < 4.78 is 0.879. The number of nitrogens with two attached hydrogens (primary N) is 1. The number of benzene rings is 1. The van der Waals surface area contributed by atoms with Crippen molar-refractivity contribution in [2.24, 2.45) is 5.73 Å². The van der Waals surface area contributed by atoms with Gasteiger partial charge in [-0.05, 0) is 47.0 Å². The maximum atomic E-state index is 11.7. The highest BCUT2D eigenvalue weighted by Crippen LogP contribution is 2.23. The van der Waals surface area contributed by atoms with Gasteiger partial charge in [0.2, 0.25) is 5.91 Å². The molecular formula is C12H17BrN2O. The lowest BCUT2D eigenvalue weighted by molar-refractivity contribution is -0.117. The number of hydrogen-bond acceptors (Lipinski definition) is 2. The van der Waals surface area contributed by atoms with Gasteiger partial charge in [0.1, 0.15) is 0 Å². The van der Waals surface area contributed by atoms with Crippen molar-refractivity contribution in [3.8, 4) is 0 Å². The lowest BCUT2D eigenvalue weighted by Gasteiger charge is -2.12. The Morgan fingerprint density at radius 3 is 2.81 bits per heavy atom. The Morgan fingerprint density at radius 1 is 1.56 bits per heavy atom. The van der Waals surface area contributed by atoms with E-state index in [1.54, 1.807) is 0 Å². The van der Waals surface area contributed by atoms with E-state index in [1.165, 1.54) is 0 Å². The van der Waals surface area contributed by atoms with E-state index in [9.17, 15) is 4.79 Å². The molecule has 0 spiro atoms. The SMILES string of the molecule is CCC[C@H](N)C(=O)Nc1ccc(C)cc1Br. The summed E-state index contributed by atoms with van der Waals surface area (Å²) in [6, 6.07) is 5.35. The van der Waals surface area contributed by atoms with Crippen molar-refractivity contribution in [2.45, 2.75) is 32.7 Å². The van der Waals surface area contributed by atoms with E-state index in [-0.39, 0.29) is 5.91 Å². The largest absolute Gasteiger partial charge is 0.324 e. The van der Waals surface area contributed by atoms with Gasteiger partial charge >= 0.3 is 0 Å². The van der Waals surface area contributed by atoms with Crippen LogP contribution in [0, 0.1) is 6.92 Å². The minimum Gasteiger partial charge on any atom is -0.324 e. The first kappa shape index (κ1) is 13.2. The maximum absolute atomic E-state index is 11.7. The first-order valence-corrected chi connectivity index (χ1v) is 6.16. The fourth-order valence-electron chi connectivity index (χ4n) is 1.39. The van der Waals surface area contributed by atoms with Gasteiger partial charge in [-0.25, -0.2) is 0 Å². The summed E-state index contributed by atoms with van der Waals surface area (Å²) in [5.74, 6) is -0.133. The number of aryl methyl sites for hydroxylation is 1. The van der Waals surface area contributed by atoms with Gasteiger partial charge in [0.05, 0.1) is 11.7 Å². The smallest absolute Gasteiger partial charge is 0.241 e. The summed E-state index contributed by atoms with van der Waals surface area (Å²) >= 11 is 3.41. The monoisotopic (exact) mass is 284 g/mol. The molecule has 0 aliphatic carbocycles. The van der Waals surface area contributed by atoms with Gasteiger partial charge in [0.25, 0.3) is 0 Å². The number of hydrogen-bond donors (Lipinski definition) is 2. The topological polar surface area (TPSA) is 55.1 Å². The second kappa shape index (κ2) is 6.01. The summed E-state index contributed by atoms with van der Waals surface area (Å²) in [5, 5.41) is 2.81. The molecule has 0 saturated heterocycles. The standard InChI is InChI=1S/C12H17BrN2O/c1-3-4-10(14)12(16)15-11-6-5-8(2)7-9(11)13/h5-7,10H,3-4,14H2,1-2H3,(H,15,16)/t10-/m0/s1. The van der Waals surface area contributed by atoms with Crippen molar-refractivity contribution in [1.29, 1.82) is 0 Å². The van der Waals surface area contributed by atoms with Gasteiger partial charge < -0.3 is 11.1 Å². The van der Waals surface area contributed by atoms with E-state index in [0.717, 1.165) is 22.1 Å². The van der Waals surface area contributed by atoms with E-state index in [1.807, 2.05) is 32.0 Å². The molecule has 1 rings (SSSR count). The zero-order valence-corrected chi connectivity index (χ0v) is 11.2. The molecule has 1 atom stereocenters. The zero-order valence-electron chi connectivity index (χ0n) is 9.59. The zero-order chi connectivity index (χ0) is 12.1. The first-order valence-electron chi connectivity index (χ1n) is 5.37. The molecule has 3 nitrogen and oxygen atoms in total. The highest BCUT2D eigenvalue weighted by Gasteiger charge is 2.13. The van der Waals surface area contributed by atoms with Crippen LogP contribution in [0.3, 0.4) is 0 Å². The minimum absolute atomic E-state index is 0.133. The molecule has 4 heteroatoms. The van der Waals surface area contributed by atoms with Crippen LogP contribution in [-0.2, 0) is 4.79 Å². The summed E-state index contributed by atoms with van der Waals surface area (Å²) in [6.07, 6.45) is 1.61. The van der Waals surface area contributed by atoms with E-state index < -0.39 is 6.04 Å². The Bertz CT molecular complexity index is 379. The third kappa shape index (κ3) is 3.61. The van der Waals surface area contributed by atoms with Crippen LogP contribution in [0.2, 0.25) is 0 Å². The number of carbonyl (C=O) groups is 1.